The molecule has 1 atom stereocenters. The van der Waals surface area contributed by atoms with Gasteiger partial charge in [-0.15, -0.1) is 0 Å². The molecule has 1 fully saturated rings. The van der Waals surface area contributed by atoms with Gasteiger partial charge in [0.05, 0.1) is 11.1 Å². The number of amides is 1. The number of nitrogens with two attached hydrogens (primary N) is 1. The van der Waals surface area contributed by atoms with E-state index in [0.29, 0.717) is 6.54 Å². The molecule has 0 saturated carbocycles. The van der Waals surface area contributed by atoms with Crippen LogP contribution in [0.15, 0.2) is 30.3 Å². The molecule has 1 saturated heterocycles. The number of para-hydroxylation sites is 1. The predicted molar refractivity (Wildman–Crippen MR) is 98.1 cm³/mol. The molecule has 2 aromatic rings. The number of piperidine rings is 1. The molecule has 3 rings (SSSR count). The normalized spacial score (nSPS) is 20.6. The molecule has 1 unspecified atom stereocenters. The third-order valence-electron chi connectivity index (χ3n) is 5.16. The molecule has 0 radical (unpaired) electrons. The molecule has 0 bridgehead atoms. The minimum atomic E-state index is -0.0579. The molecule has 0 spiro atoms. The third-order valence-corrected chi connectivity index (χ3v) is 5.16. The van der Waals surface area contributed by atoms with E-state index in [1.54, 1.807) is 0 Å². The summed E-state index contributed by atoms with van der Waals surface area (Å²) in [6.07, 6.45) is 0.846. The number of hydrogen-bond donors (Lipinski definition) is 1. The van der Waals surface area contributed by atoms with Gasteiger partial charge < -0.3 is 10.6 Å². The summed E-state index contributed by atoms with van der Waals surface area (Å²) >= 11 is 0. The Morgan fingerprint density at radius 3 is 2.71 bits per heavy atom. The minimum absolute atomic E-state index is 0.0579. The van der Waals surface area contributed by atoms with Crippen LogP contribution in [0.2, 0.25) is 0 Å². The van der Waals surface area contributed by atoms with Crippen molar-refractivity contribution >= 4 is 16.8 Å². The van der Waals surface area contributed by atoms with E-state index in [4.69, 9.17) is 10.7 Å². The smallest absolute Gasteiger partial charge is 0.254 e. The van der Waals surface area contributed by atoms with E-state index in [0.717, 1.165) is 35.1 Å². The van der Waals surface area contributed by atoms with E-state index in [-0.39, 0.29) is 23.3 Å². The third kappa shape index (κ3) is 3.03. The van der Waals surface area contributed by atoms with Crippen LogP contribution >= 0.6 is 0 Å². The Balaban J connectivity index is 2.03. The van der Waals surface area contributed by atoms with Crippen molar-refractivity contribution in [3.8, 4) is 0 Å². The highest BCUT2D eigenvalue weighted by atomic mass is 16.2. The molecule has 2 N–H and O–H groups in total. The lowest BCUT2D eigenvalue weighted by Gasteiger charge is -2.42. The van der Waals surface area contributed by atoms with Crippen LogP contribution in [0.4, 0.5) is 0 Å². The van der Waals surface area contributed by atoms with Crippen LogP contribution in [-0.2, 0) is 0 Å². The van der Waals surface area contributed by atoms with E-state index >= 15 is 0 Å². The first kappa shape index (κ1) is 16.9. The second-order valence-electron chi connectivity index (χ2n) is 7.88. The monoisotopic (exact) mass is 325 g/mol. The number of aromatic nitrogens is 1. The average molecular weight is 325 g/mol. The zero-order valence-electron chi connectivity index (χ0n) is 15.0. The van der Waals surface area contributed by atoms with Crippen LogP contribution in [0.3, 0.4) is 0 Å². The summed E-state index contributed by atoms with van der Waals surface area (Å²) in [5.41, 5.74) is 8.77. The Bertz CT molecular complexity index is 767. The van der Waals surface area contributed by atoms with Gasteiger partial charge in [-0.1, -0.05) is 45.9 Å². The fraction of sp³-hybridized carbons (Fsp3) is 0.500. The first-order chi connectivity index (χ1) is 11.3. The van der Waals surface area contributed by atoms with Crippen LogP contribution in [0.1, 0.15) is 56.1 Å². The van der Waals surface area contributed by atoms with E-state index in [9.17, 15) is 4.79 Å². The first-order valence-electron chi connectivity index (χ1n) is 8.74. The lowest BCUT2D eigenvalue weighted by Crippen LogP contribution is -2.54. The Morgan fingerprint density at radius 1 is 1.33 bits per heavy atom. The standard InChI is InChI=1S/C20H27N3O/c1-13(2)17-11-15(14-7-5-6-8-16(14)22-17)19(24)23-10-9-18(21)20(3,4)12-23/h5-8,11,13,18H,9-10,12,21H2,1-4H3. The molecule has 4 heteroatoms. The summed E-state index contributed by atoms with van der Waals surface area (Å²) < 4.78 is 0. The molecule has 24 heavy (non-hydrogen) atoms. The lowest BCUT2D eigenvalue weighted by atomic mass is 9.79. The van der Waals surface area contributed by atoms with Crippen molar-refractivity contribution in [3.63, 3.8) is 0 Å². The molecule has 1 amide bonds. The van der Waals surface area contributed by atoms with Crippen molar-refractivity contribution in [3.05, 3.63) is 41.6 Å². The Labute approximate surface area is 144 Å². The largest absolute Gasteiger partial charge is 0.338 e. The maximum Gasteiger partial charge on any atom is 0.254 e. The molecule has 4 nitrogen and oxygen atoms in total. The highest BCUT2D eigenvalue weighted by Gasteiger charge is 2.36. The van der Waals surface area contributed by atoms with Crippen molar-refractivity contribution in [2.75, 3.05) is 13.1 Å². The minimum Gasteiger partial charge on any atom is -0.338 e. The number of nitrogens with zero attached hydrogens (tertiary/aromatic N) is 2. The van der Waals surface area contributed by atoms with Gasteiger partial charge in [0.25, 0.3) is 5.91 Å². The van der Waals surface area contributed by atoms with Gasteiger partial charge in [-0.2, -0.15) is 0 Å². The molecule has 1 aliphatic heterocycles. The van der Waals surface area contributed by atoms with Gasteiger partial charge in [-0.05, 0) is 29.9 Å². The van der Waals surface area contributed by atoms with Crippen LogP contribution in [0, 0.1) is 5.41 Å². The van der Waals surface area contributed by atoms with Gasteiger partial charge in [0.15, 0.2) is 0 Å². The Morgan fingerprint density at radius 2 is 2.04 bits per heavy atom. The molecule has 1 aromatic carbocycles. The second-order valence-corrected chi connectivity index (χ2v) is 7.88. The maximum absolute atomic E-state index is 13.2. The van der Waals surface area contributed by atoms with E-state index in [2.05, 4.69) is 27.7 Å². The summed E-state index contributed by atoms with van der Waals surface area (Å²) in [7, 11) is 0. The van der Waals surface area contributed by atoms with Crippen molar-refractivity contribution in [2.45, 2.75) is 46.1 Å². The van der Waals surface area contributed by atoms with Crippen molar-refractivity contribution in [1.82, 2.24) is 9.88 Å². The summed E-state index contributed by atoms with van der Waals surface area (Å²) in [6.45, 7) is 9.91. The van der Waals surface area contributed by atoms with Gasteiger partial charge in [0.1, 0.15) is 0 Å². The fourth-order valence-electron chi connectivity index (χ4n) is 3.39. The Hall–Kier alpha value is -1.94. The summed E-state index contributed by atoms with van der Waals surface area (Å²) in [6, 6.07) is 10.0. The van der Waals surface area contributed by atoms with Crippen molar-refractivity contribution in [2.24, 2.45) is 11.1 Å². The number of rotatable bonds is 2. The van der Waals surface area contributed by atoms with E-state index in [1.807, 2.05) is 35.2 Å². The van der Waals surface area contributed by atoms with Crippen LogP contribution in [0.25, 0.3) is 10.9 Å². The zero-order valence-corrected chi connectivity index (χ0v) is 15.0. The molecule has 2 heterocycles. The van der Waals surface area contributed by atoms with Crippen LogP contribution in [0.5, 0.6) is 0 Å². The van der Waals surface area contributed by atoms with Gasteiger partial charge in [-0.3, -0.25) is 9.78 Å². The van der Waals surface area contributed by atoms with Crippen LogP contribution in [-0.4, -0.2) is 34.9 Å². The maximum atomic E-state index is 13.2. The number of carbonyl (C=O) groups is 1. The number of hydrogen-bond acceptors (Lipinski definition) is 3. The zero-order chi connectivity index (χ0) is 17.5. The van der Waals surface area contributed by atoms with E-state index < -0.39 is 0 Å². The van der Waals surface area contributed by atoms with Gasteiger partial charge in [0, 0.05) is 30.2 Å². The number of fused-ring (bicyclic) bond motifs is 1. The fourth-order valence-corrected chi connectivity index (χ4v) is 3.39. The molecule has 0 aliphatic carbocycles. The average Bonchev–Trinajstić information content (AvgIpc) is 2.55. The SMILES string of the molecule is CC(C)c1cc(C(=O)N2CCC(N)C(C)(C)C2)c2ccccc2n1. The van der Waals surface area contributed by atoms with Crippen molar-refractivity contribution in [1.29, 1.82) is 0 Å². The number of benzene rings is 1. The highest BCUT2D eigenvalue weighted by molar-refractivity contribution is 6.06. The molecule has 1 aromatic heterocycles. The first-order valence-corrected chi connectivity index (χ1v) is 8.74. The highest BCUT2D eigenvalue weighted by Crippen LogP contribution is 2.30. The van der Waals surface area contributed by atoms with Crippen molar-refractivity contribution < 1.29 is 4.79 Å². The molecular weight excluding hydrogens is 298 g/mol. The van der Waals surface area contributed by atoms with Crippen LogP contribution < -0.4 is 5.73 Å². The van der Waals surface area contributed by atoms with E-state index in [1.165, 1.54) is 0 Å². The van der Waals surface area contributed by atoms with Gasteiger partial charge in [0.2, 0.25) is 0 Å². The summed E-state index contributed by atoms with van der Waals surface area (Å²) in [4.78, 5) is 19.9. The topological polar surface area (TPSA) is 59.2 Å². The molecule has 1 aliphatic rings. The quantitative estimate of drug-likeness (QED) is 0.918. The van der Waals surface area contributed by atoms with Gasteiger partial charge >= 0.3 is 0 Å². The molecule has 128 valence electrons. The number of pyridine rings is 1. The summed E-state index contributed by atoms with van der Waals surface area (Å²) in [5, 5.41) is 0.930. The Kier molecular flexibility index (Phi) is 4.35. The lowest BCUT2D eigenvalue weighted by molar-refractivity contribution is 0.0534. The second kappa shape index (κ2) is 6.17. The van der Waals surface area contributed by atoms with Gasteiger partial charge in [-0.25, -0.2) is 0 Å². The predicted octanol–water partition coefficient (Wildman–Crippen LogP) is 3.56. The number of carbonyl (C=O) groups excluding carboxylic acids is 1. The molecular formula is C20H27N3O. The number of likely N-dealkylation sites (tertiary alicyclic amines) is 1. The summed E-state index contributed by atoms with van der Waals surface area (Å²) in [5.74, 6) is 0.378.